The molecule has 1 heterocycles. The van der Waals surface area contributed by atoms with Crippen LogP contribution in [0.3, 0.4) is 0 Å². The predicted molar refractivity (Wildman–Crippen MR) is 110 cm³/mol. The second-order valence-electron chi connectivity index (χ2n) is 10.4. The van der Waals surface area contributed by atoms with Crippen molar-refractivity contribution in [1.82, 2.24) is 0 Å². The Morgan fingerprint density at radius 2 is 1.78 bits per heavy atom. The number of fused-ring (bicyclic) bond motifs is 5. The van der Waals surface area contributed by atoms with Crippen molar-refractivity contribution in [2.45, 2.75) is 65.2 Å². The van der Waals surface area contributed by atoms with Crippen LogP contribution in [0.5, 0.6) is 0 Å². The predicted octanol–water partition coefficient (Wildman–Crippen LogP) is 4.89. The zero-order chi connectivity index (χ0) is 17.9. The van der Waals surface area contributed by atoms with Crippen LogP contribution < -0.4 is 0 Å². The molecule has 1 aliphatic heterocycles. The summed E-state index contributed by atoms with van der Waals surface area (Å²) in [7, 11) is 0. The fourth-order valence-electron chi connectivity index (χ4n) is 8.22. The summed E-state index contributed by atoms with van der Waals surface area (Å²) in [5.74, 6) is 4.82. The number of rotatable bonds is 1. The van der Waals surface area contributed by atoms with Crippen LogP contribution in [0.1, 0.15) is 65.2 Å². The van der Waals surface area contributed by atoms with Gasteiger partial charge in [0, 0.05) is 6.42 Å². The van der Waals surface area contributed by atoms with Crippen molar-refractivity contribution in [1.29, 1.82) is 0 Å². The van der Waals surface area contributed by atoms with Crippen molar-refractivity contribution in [3.63, 3.8) is 0 Å². The third-order valence-electron chi connectivity index (χ3n) is 9.58. The molecule has 0 aromatic carbocycles. The molecule has 0 bridgehead atoms. The molecule has 27 heavy (non-hydrogen) atoms. The SMILES string of the molecule is C[C@]12CC[C@H]3[C@@H](CCC4C=CC=C[C@@]43C)[C@H]1CC[C@@H]2[C@H]1CCC(=O)OC1.[NaH]. The molecule has 0 aromatic rings. The normalized spacial score (nSPS) is 50.8. The van der Waals surface area contributed by atoms with Crippen LogP contribution in [0, 0.1) is 46.3 Å². The van der Waals surface area contributed by atoms with Crippen LogP contribution in [0.2, 0.25) is 0 Å². The fraction of sp³-hybridized carbons (Fsp3) is 0.792. The molecule has 4 fully saturated rings. The van der Waals surface area contributed by atoms with Crippen LogP contribution in [0.4, 0.5) is 0 Å². The second kappa shape index (κ2) is 7.33. The number of hydrogen-bond acceptors (Lipinski definition) is 2. The van der Waals surface area contributed by atoms with E-state index in [0.717, 1.165) is 36.0 Å². The van der Waals surface area contributed by atoms with E-state index in [9.17, 15) is 4.79 Å². The Morgan fingerprint density at radius 3 is 2.56 bits per heavy atom. The first kappa shape index (κ1) is 20.2. The Kier molecular flexibility index (Phi) is 5.49. The first-order valence-corrected chi connectivity index (χ1v) is 11.0. The Bertz CT molecular complexity index is 645. The van der Waals surface area contributed by atoms with E-state index in [4.69, 9.17) is 4.74 Å². The summed E-state index contributed by atoms with van der Waals surface area (Å²) in [4.78, 5) is 11.5. The van der Waals surface area contributed by atoms with Crippen molar-refractivity contribution in [3.05, 3.63) is 24.3 Å². The standard InChI is InChI=1S/C24H34O2.Na.H/c1-23-13-4-3-5-17(23)7-8-18-20-10-9-19(16-6-11-22(25)26-15-16)24(20,2)14-12-21(18)23;;/h3-5,13,16-21H,6-12,14-15H2,1-2H3;;/t16-,17?,18-,19+,20+,21-,23-,24+;;/m0../s1. The van der Waals surface area contributed by atoms with Crippen molar-refractivity contribution < 1.29 is 9.53 Å². The molecule has 0 spiro atoms. The quantitative estimate of drug-likeness (QED) is 0.480. The molecular formula is C24H35NaO2. The van der Waals surface area contributed by atoms with Gasteiger partial charge in [0.05, 0.1) is 6.61 Å². The maximum absolute atomic E-state index is 11.5. The molecule has 0 amide bonds. The van der Waals surface area contributed by atoms with Crippen LogP contribution in [0.25, 0.3) is 0 Å². The maximum atomic E-state index is 11.5. The molecule has 2 nitrogen and oxygen atoms in total. The Morgan fingerprint density at radius 1 is 0.963 bits per heavy atom. The first-order chi connectivity index (χ1) is 12.5. The number of carbonyl (C=O) groups is 1. The van der Waals surface area contributed by atoms with Gasteiger partial charge in [0.1, 0.15) is 0 Å². The van der Waals surface area contributed by atoms with Gasteiger partial charge in [0.25, 0.3) is 0 Å². The average Bonchev–Trinajstić information content (AvgIpc) is 2.99. The molecular weight excluding hydrogens is 343 g/mol. The number of ether oxygens (including phenoxy) is 1. The average molecular weight is 379 g/mol. The van der Waals surface area contributed by atoms with E-state index in [1.807, 2.05) is 0 Å². The molecule has 5 aliphatic rings. The van der Waals surface area contributed by atoms with Gasteiger partial charge < -0.3 is 4.74 Å². The van der Waals surface area contributed by atoms with Crippen LogP contribution >= 0.6 is 0 Å². The topological polar surface area (TPSA) is 26.3 Å². The van der Waals surface area contributed by atoms with Crippen molar-refractivity contribution >= 4 is 35.5 Å². The summed E-state index contributed by atoms with van der Waals surface area (Å²) >= 11 is 0. The zero-order valence-electron chi connectivity index (χ0n) is 16.5. The fourth-order valence-corrected chi connectivity index (χ4v) is 8.22. The number of hydrogen-bond donors (Lipinski definition) is 0. The monoisotopic (exact) mass is 378 g/mol. The van der Waals surface area contributed by atoms with Gasteiger partial charge in [-0.1, -0.05) is 38.2 Å². The third-order valence-corrected chi connectivity index (χ3v) is 9.58. The van der Waals surface area contributed by atoms with Crippen LogP contribution in [-0.2, 0) is 9.53 Å². The molecule has 0 aromatic heterocycles. The van der Waals surface area contributed by atoms with E-state index >= 15 is 0 Å². The Balaban J connectivity index is 0.00000180. The van der Waals surface area contributed by atoms with E-state index in [0.29, 0.717) is 29.8 Å². The van der Waals surface area contributed by atoms with Gasteiger partial charge in [-0.05, 0) is 91.3 Å². The summed E-state index contributed by atoms with van der Waals surface area (Å²) in [6, 6.07) is 0. The molecule has 5 rings (SSSR count). The van der Waals surface area contributed by atoms with Crippen molar-refractivity contribution in [2.24, 2.45) is 46.3 Å². The molecule has 144 valence electrons. The molecule has 0 N–H and O–H groups in total. The molecule has 1 unspecified atom stereocenters. The van der Waals surface area contributed by atoms with E-state index in [-0.39, 0.29) is 35.5 Å². The van der Waals surface area contributed by atoms with E-state index in [1.54, 1.807) is 0 Å². The number of cyclic esters (lactones) is 1. The molecule has 1 saturated heterocycles. The Labute approximate surface area is 186 Å². The van der Waals surface area contributed by atoms with Gasteiger partial charge in [-0.25, -0.2) is 0 Å². The second-order valence-corrected chi connectivity index (χ2v) is 10.4. The molecule has 0 radical (unpaired) electrons. The summed E-state index contributed by atoms with van der Waals surface area (Å²) in [6.07, 6.45) is 19.7. The van der Waals surface area contributed by atoms with Gasteiger partial charge in [-0.2, -0.15) is 0 Å². The number of carbonyl (C=O) groups excluding carboxylic acids is 1. The van der Waals surface area contributed by atoms with Crippen molar-refractivity contribution in [3.8, 4) is 0 Å². The third kappa shape index (κ3) is 3.04. The minimum atomic E-state index is 0. The number of esters is 1. The summed E-state index contributed by atoms with van der Waals surface area (Å²) in [6.45, 7) is 5.84. The van der Waals surface area contributed by atoms with E-state index in [1.165, 1.54) is 38.5 Å². The van der Waals surface area contributed by atoms with Gasteiger partial charge >= 0.3 is 35.5 Å². The van der Waals surface area contributed by atoms with Gasteiger partial charge in [0.15, 0.2) is 0 Å². The van der Waals surface area contributed by atoms with Crippen molar-refractivity contribution in [2.75, 3.05) is 6.61 Å². The Hall–Kier alpha value is -0.0500. The van der Waals surface area contributed by atoms with Gasteiger partial charge in [-0.3, -0.25) is 4.79 Å². The first-order valence-electron chi connectivity index (χ1n) is 11.0. The minimum absolute atomic E-state index is 0. The summed E-state index contributed by atoms with van der Waals surface area (Å²) < 4.78 is 5.47. The molecule has 3 saturated carbocycles. The summed E-state index contributed by atoms with van der Waals surface area (Å²) in [5.41, 5.74) is 0.866. The van der Waals surface area contributed by atoms with Crippen LogP contribution in [0.15, 0.2) is 24.3 Å². The summed E-state index contributed by atoms with van der Waals surface area (Å²) in [5, 5.41) is 0. The van der Waals surface area contributed by atoms with Gasteiger partial charge in [-0.15, -0.1) is 0 Å². The van der Waals surface area contributed by atoms with E-state index in [2.05, 4.69) is 38.2 Å². The molecule has 3 heteroatoms. The van der Waals surface area contributed by atoms with E-state index < -0.39 is 0 Å². The zero-order valence-corrected chi connectivity index (χ0v) is 16.5. The van der Waals surface area contributed by atoms with Crippen LogP contribution in [-0.4, -0.2) is 42.1 Å². The number of allylic oxidation sites excluding steroid dienone is 4. The molecule has 8 atom stereocenters. The molecule has 4 aliphatic carbocycles. The van der Waals surface area contributed by atoms with Gasteiger partial charge in [0.2, 0.25) is 0 Å².